The molecular formula is C31H51N3O7S2. The summed E-state index contributed by atoms with van der Waals surface area (Å²) in [5.41, 5.74) is -1.18. The van der Waals surface area contributed by atoms with Crippen molar-refractivity contribution in [2.45, 2.75) is 116 Å². The predicted molar refractivity (Wildman–Crippen MR) is 171 cm³/mol. The van der Waals surface area contributed by atoms with Crippen LogP contribution in [0.25, 0.3) is 0 Å². The topological polar surface area (TPSA) is 123 Å². The zero-order chi connectivity index (χ0) is 32.0. The minimum Gasteiger partial charge on any atom is -0.465 e. The molecule has 1 aliphatic heterocycles. The van der Waals surface area contributed by atoms with Crippen molar-refractivity contribution in [3.05, 3.63) is 22.4 Å². The number of carbonyl (C=O) groups is 4. The summed E-state index contributed by atoms with van der Waals surface area (Å²) in [6.45, 7) is 13.7. The van der Waals surface area contributed by atoms with Crippen LogP contribution in [0.2, 0.25) is 0 Å². The average molecular weight is 642 g/mol. The molecule has 0 unspecified atom stereocenters. The minimum absolute atomic E-state index is 0.0176. The summed E-state index contributed by atoms with van der Waals surface area (Å²) in [6, 6.07) is 2.74. The third-order valence-corrected chi connectivity index (χ3v) is 8.84. The molecule has 1 fully saturated rings. The second-order valence-electron chi connectivity index (χ2n) is 12.7. The second-order valence-corrected chi connectivity index (χ2v) is 14.9. The Hall–Kier alpha value is -2.31. The van der Waals surface area contributed by atoms with Gasteiger partial charge in [-0.2, -0.15) is 0 Å². The molecule has 0 aliphatic carbocycles. The maximum absolute atomic E-state index is 13.7. The van der Waals surface area contributed by atoms with Crippen LogP contribution < -0.4 is 10.6 Å². The highest BCUT2D eigenvalue weighted by Gasteiger charge is 2.36. The Labute approximate surface area is 265 Å². The molecule has 10 nitrogen and oxygen atoms in total. The first-order valence-electron chi connectivity index (χ1n) is 15.2. The van der Waals surface area contributed by atoms with E-state index < -0.39 is 35.3 Å². The molecule has 3 atom stereocenters. The summed E-state index contributed by atoms with van der Waals surface area (Å²) in [5.74, 6) is -0.587. The number of rotatable bonds is 15. The van der Waals surface area contributed by atoms with Crippen LogP contribution in [0.5, 0.6) is 0 Å². The lowest BCUT2D eigenvalue weighted by molar-refractivity contribution is -0.159. The number of thiophene rings is 1. The molecule has 1 aromatic heterocycles. The number of hydrogen-bond donors (Lipinski definition) is 2. The molecule has 244 valence electrons. The van der Waals surface area contributed by atoms with Gasteiger partial charge in [0.2, 0.25) is 5.91 Å². The molecule has 0 aromatic carbocycles. The summed E-state index contributed by atoms with van der Waals surface area (Å²) in [6.07, 6.45) is 4.54. The number of unbranched alkanes of at least 4 members (excludes halogenated alkanes) is 4. The number of ether oxygens (including phenoxy) is 3. The summed E-state index contributed by atoms with van der Waals surface area (Å²) in [4.78, 5) is 53.8. The van der Waals surface area contributed by atoms with E-state index in [9.17, 15) is 19.2 Å². The van der Waals surface area contributed by atoms with E-state index in [4.69, 9.17) is 14.2 Å². The van der Waals surface area contributed by atoms with Gasteiger partial charge in [-0.3, -0.25) is 19.7 Å². The molecule has 43 heavy (non-hydrogen) atoms. The molecule has 2 rings (SSSR count). The van der Waals surface area contributed by atoms with Gasteiger partial charge in [-0.05, 0) is 72.8 Å². The van der Waals surface area contributed by atoms with Crippen molar-refractivity contribution in [3.63, 3.8) is 0 Å². The number of nitrogens with one attached hydrogen (secondary N) is 2. The smallest absolute Gasteiger partial charge is 0.407 e. The van der Waals surface area contributed by atoms with Crippen molar-refractivity contribution in [2.75, 3.05) is 32.0 Å². The van der Waals surface area contributed by atoms with E-state index >= 15 is 0 Å². The van der Waals surface area contributed by atoms with Gasteiger partial charge in [-0.15, -0.1) is 23.1 Å². The Balaban J connectivity index is 1.96. The van der Waals surface area contributed by atoms with E-state index in [1.807, 2.05) is 38.3 Å². The molecule has 0 radical (unpaired) electrons. The van der Waals surface area contributed by atoms with E-state index in [0.717, 1.165) is 37.0 Å². The Bertz CT molecular complexity index is 1020. The van der Waals surface area contributed by atoms with E-state index in [2.05, 4.69) is 10.6 Å². The van der Waals surface area contributed by atoms with Crippen molar-refractivity contribution >= 4 is 47.0 Å². The quantitative estimate of drug-likeness (QED) is 0.146. The van der Waals surface area contributed by atoms with Gasteiger partial charge in [0.05, 0.1) is 17.9 Å². The lowest BCUT2D eigenvalue weighted by Crippen LogP contribution is -2.54. The van der Waals surface area contributed by atoms with Crippen LogP contribution in [0.4, 0.5) is 4.79 Å². The highest BCUT2D eigenvalue weighted by Crippen LogP contribution is 2.36. The molecule has 1 aromatic rings. The van der Waals surface area contributed by atoms with Crippen molar-refractivity contribution in [3.8, 4) is 0 Å². The molecule has 1 saturated heterocycles. The van der Waals surface area contributed by atoms with Gasteiger partial charge in [0.1, 0.15) is 23.8 Å². The standard InChI is InChI=1S/C31H51N3O7S2/c1-8-39-28(37)22(15-12-10-9-11-13-17-32-29(38)41-31(5,6)7)33-23-21-43-25(24-16-14-18-42-24)19-34(27(23)36)20-26(35)40-30(2,3)4/h14,16,18,22-23,25,33H,8-13,15,17,19-21H2,1-7H3,(H,32,38)/t22-,23+,25+/m1/s1. The highest BCUT2D eigenvalue weighted by molar-refractivity contribution is 7.99. The van der Waals surface area contributed by atoms with Crippen LogP contribution in [-0.2, 0) is 28.6 Å². The van der Waals surface area contributed by atoms with Gasteiger partial charge >= 0.3 is 18.0 Å². The van der Waals surface area contributed by atoms with Crippen LogP contribution in [-0.4, -0.2) is 84.1 Å². The average Bonchev–Trinajstić information content (AvgIpc) is 3.37. The molecule has 2 heterocycles. The first-order valence-corrected chi connectivity index (χ1v) is 17.2. The third kappa shape index (κ3) is 14.8. The lowest BCUT2D eigenvalue weighted by atomic mass is 10.0. The van der Waals surface area contributed by atoms with Gasteiger partial charge in [0.25, 0.3) is 0 Å². The van der Waals surface area contributed by atoms with E-state index in [-0.39, 0.29) is 30.3 Å². The predicted octanol–water partition coefficient (Wildman–Crippen LogP) is 5.46. The van der Waals surface area contributed by atoms with Gasteiger partial charge < -0.3 is 24.4 Å². The van der Waals surface area contributed by atoms with Crippen LogP contribution in [0.1, 0.15) is 97.1 Å². The number of nitrogens with zero attached hydrogens (tertiary/aromatic N) is 1. The molecule has 12 heteroatoms. The molecule has 0 spiro atoms. The second kappa shape index (κ2) is 17.9. The third-order valence-electron chi connectivity index (χ3n) is 6.37. The van der Waals surface area contributed by atoms with Gasteiger partial charge in [-0.1, -0.05) is 31.7 Å². The highest BCUT2D eigenvalue weighted by atomic mass is 32.2. The van der Waals surface area contributed by atoms with Crippen molar-refractivity contribution in [1.82, 2.24) is 15.5 Å². The monoisotopic (exact) mass is 641 g/mol. The zero-order valence-corrected chi connectivity index (χ0v) is 28.5. The van der Waals surface area contributed by atoms with Gasteiger partial charge in [-0.25, -0.2) is 4.79 Å². The Morgan fingerprint density at radius 3 is 2.33 bits per heavy atom. The summed E-state index contributed by atoms with van der Waals surface area (Å²) >= 11 is 3.28. The number of alkyl carbamates (subject to hydrolysis) is 1. The summed E-state index contributed by atoms with van der Waals surface area (Å²) in [5, 5.41) is 8.09. The normalized spacial score (nSPS) is 18.5. The first-order chi connectivity index (χ1) is 20.2. The largest absolute Gasteiger partial charge is 0.465 e. The molecule has 2 N–H and O–H groups in total. The Morgan fingerprint density at radius 1 is 1.02 bits per heavy atom. The fourth-order valence-electron chi connectivity index (χ4n) is 4.55. The Kier molecular flexibility index (Phi) is 15.3. The maximum atomic E-state index is 13.7. The van der Waals surface area contributed by atoms with Gasteiger partial charge in [0, 0.05) is 23.7 Å². The van der Waals surface area contributed by atoms with Crippen LogP contribution >= 0.6 is 23.1 Å². The molecule has 1 aliphatic rings. The minimum atomic E-state index is -0.658. The molecule has 2 amide bonds. The molecular weight excluding hydrogens is 590 g/mol. The molecule has 0 bridgehead atoms. The van der Waals surface area contributed by atoms with Gasteiger partial charge in [0.15, 0.2) is 0 Å². The summed E-state index contributed by atoms with van der Waals surface area (Å²) < 4.78 is 16.1. The molecule has 0 saturated carbocycles. The Morgan fingerprint density at radius 2 is 1.70 bits per heavy atom. The SMILES string of the molecule is CCOC(=O)[C@@H](CCCCCCCNC(=O)OC(C)(C)C)N[C@H]1CS[C@H](c2cccs2)CN(CC(=O)OC(C)(C)C)C1=O. The fourth-order valence-corrected chi connectivity index (χ4v) is 6.81. The van der Waals surface area contributed by atoms with E-state index in [0.29, 0.717) is 25.3 Å². The summed E-state index contributed by atoms with van der Waals surface area (Å²) in [7, 11) is 0. The fraction of sp³-hybridized carbons (Fsp3) is 0.742. The maximum Gasteiger partial charge on any atom is 0.407 e. The van der Waals surface area contributed by atoms with E-state index in [1.54, 1.807) is 55.7 Å². The number of amides is 2. The number of thioether (sulfide) groups is 1. The number of hydrogen-bond acceptors (Lipinski definition) is 10. The van der Waals surface area contributed by atoms with Crippen molar-refractivity contribution < 1.29 is 33.4 Å². The van der Waals surface area contributed by atoms with Crippen LogP contribution in [0, 0.1) is 0 Å². The lowest BCUT2D eigenvalue weighted by Gasteiger charge is -2.28. The number of esters is 2. The van der Waals surface area contributed by atoms with E-state index in [1.165, 1.54) is 0 Å². The van der Waals surface area contributed by atoms with Crippen LogP contribution in [0.15, 0.2) is 17.5 Å². The first kappa shape index (κ1) is 36.9. The van der Waals surface area contributed by atoms with Crippen LogP contribution in [0.3, 0.4) is 0 Å². The number of carbonyl (C=O) groups excluding carboxylic acids is 4. The van der Waals surface area contributed by atoms with Crippen molar-refractivity contribution in [2.24, 2.45) is 0 Å². The van der Waals surface area contributed by atoms with Crippen molar-refractivity contribution in [1.29, 1.82) is 0 Å². The zero-order valence-electron chi connectivity index (χ0n) is 26.9.